The van der Waals surface area contributed by atoms with Crippen molar-refractivity contribution in [2.45, 2.75) is 51.1 Å². The van der Waals surface area contributed by atoms with Gasteiger partial charge >= 0.3 is 0 Å². The molecule has 32 heavy (non-hydrogen) atoms. The molecular formula is C24H27ClN4O2S. The zero-order valence-corrected chi connectivity index (χ0v) is 19.6. The van der Waals surface area contributed by atoms with Crippen LogP contribution >= 0.6 is 22.9 Å². The Balaban J connectivity index is 1.25. The smallest absolute Gasteiger partial charge is 0.262 e. The maximum absolute atomic E-state index is 13.2. The highest BCUT2D eigenvalue weighted by Gasteiger charge is 2.25. The minimum atomic E-state index is 0.0363. The van der Waals surface area contributed by atoms with E-state index in [9.17, 15) is 9.59 Å². The van der Waals surface area contributed by atoms with E-state index in [1.165, 1.54) is 10.4 Å². The number of amides is 1. The van der Waals surface area contributed by atoms with Gasteiger partial charge in [0.25, 0.3) is 5.56 Å². The normalized spacial score (nSPS) is 18.5. The van der Waals surface area contributed by atoms with Crippen LogP contribution in [0, 0.1) is 0 Å². The first-order chi connectivity index (χ1) is 15.6. The monoisotopic (exact) mass is 470 g/mol. The number of carbonyl (C=O) groups excluding carboxylic acids is 1. The number of rotatable bonds is 7. The largest absolute Gasteiger partial charge is 0.343 e. The van der Waals surface area contributed by atoms with Crippen molar-refractivity contribution in [2.75, 3.05) is 19.6 Å². The van der Waals surface area contributed by atoms with Crippen LogP contribution in [0.1, 0.15) is 41.7 Å². The fourth-order valence-corrected chi connectivity index (χ4v) is 6.31. The standard InChI is InChI=1S/C24H27ClN4O2S/c25-17-5-1-4-16(12-17)14-29-15-27-23-22(24(29)31)19-8-7-18(13-20(19)32-23)26-9-3-11-28-10-2-6-21(28)30/h1,4-5,12,15,18,26H,2-3,6-11,13-14H2. The summed E-state index contributed by atoms with van der Waals surface area (Å²) in [6, 6.07) is 8.01. The van der Waals surface area contributed by atoms with Gasteiger partial charge in [-0.05, 0) is 61.9 Å². The number of carbonyl (C=O) groups is 1. The average Bonchev–Trinajstić information content (AvgIpc) is 3.36. The third-order valence-corrected chi connectivity index (χ3v) is 7.88. The molecule has 1 aromatic carbocycles. The van der Waals surface area contributed by atoms with E-state index in [4.69, 9.17) is 11.6 Å². The lowest BCUT2D eigenvalue weighted by atomic mass is 9.93. The molecule has 1 unspecified atom stereocenters. The number of aromatic nitrogens is 2. The number of thiophene rings is 1. The summed E-state index contributed by atoms with van der Waals surface area (Å²) in [5.41, 5.74) is 2.21. The molecule has 0 radical (unpaired) electrons. The molecule has 1 saturated heterocycles. The van der Waals surface area contributed by atoms with Crippen molar-refractivity contribution in [2.24, 2.45) is 0 Å². The summed E-state index contributed by atoms with van der Waals surface area (Å²) < 4.78 is 1.69. The third kappa shape index (κ3) is 4.47. The van der Waals surface area contributed by atoms with Crippen LogP contribution in [0.4, 0.5) is 0 Å². The second-order valence-corrected chi connectivity index (χ2v) is 10.2. The molecule has 3 heterocycles. The van der Waals surface area contributed by atoms with Gasteiger partial charge in [-0.2, -0.15) is 0 Å². The Morgan fingerprint density at radius 1 is 1.25 bits per heavy atom. The zero-order chi connectivity index (χ0) is 22.1. The predicted octanol–water partition coefficient (Wildman–Crippen LogP) is 3.62. The Morgan fingerprint density at radius 2 is 2.16 bits per heavy atom. The van der Waals surface area contributed by atoms with Gasteiger partial charge in [0.1, 0.15) is 4.83 Å². The first kappa shape index (κ1) is 21.6. The van der Waals surface area contributed by atoms with E-state index in [-0.39, 0.29) is 5.56 Å². The van der Waals surface area contributed by atoms with Crippen molar-refractivity contribution in [3.05, 3.63) is 62.0 Å². The fourth-order valence-electron chi connectivity index (χ4n) is 4.84. The van der Waals surface area contributed by atoms with E-state index in [0.717, 1.165) is 67.5 Å². The molecular weight excluding hydrogens is 444 g/mol. The number of nitrogens with zero attached hydrogens (tertiary/aromatic N) is 3. The Morgan fingerprint density at radius 3 is 2.97 bits per heavy atom. The molecule has 0 bridgehead atoms. The molecule has 2 aliphatic rings. The van der Waals surface area contributed by atoms with Crippen molar-refractivity contribution in [3.8, 4) is 0 Å². The van der Waals surface area contributed by atoms with E-state index in [0.29, 0.717) is 29.9 Å². The molecule has 0 spiro atoms. The van der Waals surface area contributed by atoms with E-state index in [1.54, 1.807) is 22.2 Å². The summed E-state index contributed by atoms with van der Waals surface area (Å²) >= 11 is 7.75. The van der Waals surface area contributed by atoms with Gasteiger partial charge in [-0.1, -0.05) is 23.7 Å². The fraction of sp³-hybridized carbons (Fsp3) is 0.458. The molecule has 6 nitrogen and oxygen atoms in total. The van der Waals surface area contributed by atoms with Crippen molar-refractivity contribution in [1.82, 2.24) is 19.8 Å². The maximum atomic E-state index is 13.2. The molecule has 2 aromatic heterocycles. The zero-order valence-electron chi connectivity index (χ0n) is 18.0. The Labute approximate surface area is 196 Å². The lowest BCUT2D eigenvalue weighted by Gasteiger charge is -2.24. The van der Waals surface area contributed by atoms with Crippen LogP contribution in [0.2, 0.25) is 5.02 Å². The van der Waals surface area contributed by atoms with Crippen molar-refractivity contribution in [1.29, 1.82) is 0 Å². The molecule has 3 aromatic rings. The van der Waals surface area contributed by atoms with Crippen LogP contribution in [0.5, 0.6) is 0 Å². The van der Waals surface area contributed by atoms with Crippen LogP contribution in [-0.4, -0.2) is 46.0 Å². The summed E-state index contributed by atoms with van der Waals surface area (Å²) in [7, 11) is 0. The Kier molecular flexibility index (Phi) is 6.31. The average molecular weight is 471 g/mol. The Bertz CT molecular complexity index is 1200. The summed E-state index contributed by atoms with van der Waals surface area (Å²) in [5, 5.41) is 5.12. The SMILES string of the molecule is O=C1CCCN1CCCNC1CCc2c(sc3ncn(Cc4cccc(Cl)c4)c(=O)c23)C1. The van der Waals surface area contributed by atoms with Crippen LogP contribution in [0.15, 0.2) is 35.4 Å². The molecule has 1 amide bonds. The molecule has 168 valence electrons. The number of fused-ring (bicyclic) bond motifs is 3. The maximum Gasteiger partial charge on any atom is 0.262 e. The van der Waals surface area contributed by atoms with Crippen LogP contribution in [0.25, 0.3) is 10.2 Å². The second-order valence-electron chi connectivity index (χ2n) is 8.72. The quantitative estimate of drug-likeness (QED) is 0.535. The first-order valence-electron chi connectivity index (χ1n) is 11.3. The van der Waals surface area contributed by atoms with Gasteiger partial charge in [-0.3, -0.25) is 14.2 Å². The minimum Gasteiger partial charge on any atom is -0.343 e. The Hall–Kier alpha value is -2.22. The van der Waals surface area contributed by atoms with Crippen molar-refractivity contribution >= 4 is 39.1 Å². The van der Waals surface area contributed by atoms with Crippen LogP contribution < -0.4 is 10.9 Å². The predicted molar refractivity (Wildman–Crippen MR) is 129 cm³/mol. The molecule has 1 N–H and O–H groups in total. The van der Waals surface area contributed by atoms with Crippen molar-refractivity contribution < 1.29 is 4.79 Å². The van der Waals surface area contributed by atoms with E-state index in [2.05, 4.69) is 10.3 Å². The topological polar surface area (TPSA) is 67.2 Å². The molecule has 5 rings (SSSR count). The third-order valence-electron chi connectivity index (χ3n) is 6.49. The molecule has 1 aliphatic heterocycles. The van der Waals surface area contributed by atoms with Gasteiger partial charge in [-0.15, -0.1) is 11.3 Å². The second kappa shape index (κ2) is 9.33. The minimum absolute atomic E-state index is 0.0363. The van der Waals surface area contributed by atoms with Crippen LogP contribution in [0.3, 0.4) is 0 Å². The number of likely N-dealkylation sites (tertiary alicyclic amines) is 1. The first-order valence-corrected chi connectivity index (χ1v) is 12.5. The molecule has 0 saturated carbocycles. The number of halogens is 1. The number of hydrogen-bond acceptors (Lipinski definition) is 5. The van der Waals surface area contributed by atoms with E-state index in [1.807, 2.05) is 29.2 Å². The highest BCUT2D eigenvalue weighted by Crippen LogP contribution is 2.33. The summed E-state index contributed by atoms with van der Waals surface area (Å²) in [5.74, 6) is 0.297. The van der Waals surface area contributed by atoms with Gasteiger partial charge < -0.3 is 10.2 Å². The van der Waals surface area contributed by atoms with Crippen molar-refractivity contribution in [3.63, 3.8) is 0 Å². The number of nitrogens with one attached hydrogen (secondary N) is 1. The highest BCUT2D eigenvalue weighted by atomic mass is 35.5. The van der Waals surface area contributed by atoms with Gasteiger partial charge in [0.05, 0.1) is 18.3 Å². The molecule has 1 fully saturated rings. The lowest BCUT2D eigenvalue weighted by molar-refractivity contribution is -0.127. The van der Waals surface area contributed by atoms with Gasteiger partial charge in [0.2, 0.25) is 5.91 Å². The summed E-state index contributed by atoms with van der Waals surface area (Å²) in [4.78, 5) is 33.7. The molecule has 8 heteroatoms. The van der Waals surface area contributed by atoms with E-state index < -0.39 is 0 Å². The van der Waals surface area contributed by atoms with Gasteiger partial charge in [0.15, 0.2) is 0 Å². The summed E-state index contributed by atoms with van der Waals surface area (Å²) in [6.07, 6.45) is 7.20. The summed E-state index contributed by atoms with van der Waals surface area (Å²) in [6.45, 7) is 3.15. The number of benzene rings is 1. The van der Waals surface area contributed by atoms with Crippen LogP contribution in [-0.2, 0) is 24.2 Å². The molecule has 1 atom stereocenters. The number of hydrogen-bond donors (Lipinski definition) is 1. The highest BCUT2D eigenvalue weighted by molar-refractivity contribution is 7.18. The van der Waals surface area contributed by atoms with E-state index >= 15 is 0 Å². The number of aryl methyl sites for hydroxylation is 1. The lowest BCUT2D eigenvalue weighted by Crippen LogP contribution is -2.36. The van der Waals surface area contributed by atoms with Gasteiger partial charge in [0, 0.05) is 35.5 Å². The molecule has 1 aliphatic carbocycles. The van der Waals surface area contributed by atoms with Gasteiger partial charge in [-0.25, -0.2) is 4.98 Å².